The van der Waals surface area contributed by atoms with E-state index in [4.69, 9.17) is 0 Å². The minimum atomic E-state index is -0.533. The monoisotopic (exact) mass is 313 g/mol. The smallest absolute Gasteiger partial charge is 0.109 e. The van der Waals surface area contributed by atoms with Crippen LogP contribution in [0.5, 0.6) is 0 Å². The summed E-state index contributed by atoms with van der Waals surface area (Å²) >= 11 is 2.07. The van der Waals surface area contributed by atoms with E-state index in [0.29, 0.717) is 23.5 Å². The van der Waals surface area contributed by atoms with Gasteiger partial charge in [0.05, 0.1) is 0 Å². The maximum Gasteiger partial charge on any atom is 0.109 e. The van der Waals surface area contributed by atoms with Crippen molar-refractivity contribution in [2.45, 2.75) is 62.3 Å². The first-order valence-electron chi connectivity index (χ1n) is 8.81. The Bertz CT molecular complexity index is 355. The summed E-state index contributed by atoms with van der Waals surface area (Å²) in [5.74, 6) is 2.79. The van der Waals surface area contributed by atoms with Crippen LogP contribution in [0, 0.1) is 11.8 Å². The van der Waals surface area contributed by atoms with Crippen molar-refractivity contribution in [2.24, 2.45) is 11.8 Å². The van der Waals surface area contributed by atoms with Crippen LogP contribution in [0.4, 0.5) is 4.39 Å². The molecule has 5 heteroatoms. The number of nitrogens with one attached hydrogen (secondary N) is 2. The number of hydrogen-bond donors (Lipinski definition) is 2. The van der Waals surface area contributed by atoms with E-state index in [-0.39, 0.29) is 0 Å². The van der Waals surface area contributed by atoms with Crippen molar-refractivity contribution in [3.8, 4) is 0 Å². The Morgan fingerprint density at radius 2 is 1.71 bits per heavy atom. The van der Waals surface area contributed by atoms with E-state index in [1.165, 1.54) is 38.2 Å². The summed E-state index contributed by atoms with van der Waals surface area (Å²) in [5, 5.41) is 7.44. The molecule has 3 aliphatic heterocycles. The predicted molar refractivity (Wildman–Crippen MR) is 86.1 cm³/mol. The fourth-order valence-electron chi connectivity index (χ4n) is 5.00. The summed E-state index contributed by atoms with van der Waals surface area (Å²) in [6.45, 7) is 3.60. The molecule has 4 rings (SSSR count). The minimum absolute atomic E-state index is 0.533. The van der Waals surface area contributed by atoms with Crippen molar-refractivity contribution in [3.05, 3.63) is 0 Å². The van der Waals surface area contributed by atoms with Gasteiger partial charge in [0.2, 0.25) is 0 Å². The van der Waals surface area contributed by atoms with Crippen LogP contribution in [-0.4, -0.2) is 54.0 Å². The third kappa shape index (κ3) is 2.87. The quantitative estimate of drug-likeness (QED) is 0.817. The molecule has 0 amide bonds. The summed E-state index contributed by atoms with van der Waals surface area (Å²) in [6, 6.07) is 1.31. The highest BCUT2D eigenvalue weighted by Crippen LogP contribution is 2.42. The standard InChI is InChI=1S/C16H28FN3S/c17-13-3-1-11(2-4-13)14-15(12-5-7-18-8-6-12)20-9-10-21-16(20)19-14/h11-16,18-19H,1-10H2. The fourth-order valence-corrected chi connectivity index (χ4v) is 6.23. The largest absolute Gasteiger partial charge is 0.317 e. The van der Waals surface area contributed by atoms with Gasteiger partial charge in [-0.25, -0.2) is 4.39 Å². The lowest BCUT2D eigenvalue weighted by molar-refractivity contribution is 0.117. The molecule has 0 aromatic rings. The molecule has 1 saturated carbocycles. The Kier molecular flexibility index (Phi) is 4.45. The van der Waals surface area contributed by atoms with Gasteiger partial charge < -0.3 is 5.32 Å². The first-order chi connectivity index (χ1) is 10.3. The zero-order valence-corrected chi connectivity index (χ0v) is 13.6. The van der Waals surface area contributed by atoms with Gasteiger partial charge in [-0.3, -0.25) is 10.2 Å². The number of hydrogen-bond acceptors (Lipinski definition) is 4. The zero-order valence-electron chi connectivity index (χ0n) is 12.8. The van der Waals surface area contributed by atoms with Crippen LogP contribution in [0.1, 0.15) is 38.5 Å². The number of thioether (sulfide) groups is 1. The third-order valence-electron chi connectivity index (χ3n) is 6.09. The van der Waals surface area contributed by atoms with Crippen LogP contribution >= 0.6 is 11.8 Å². The average molecular weight is 313 g/mol. The molecule has 3 atom stereocenters. The van der Waals surface area contributed by atoms with Crippen molar-refractivity contribution in [3.63, 3.8) is 0 Å². The molecule has 21 heavy (non-hydrogen) atoms. The normalized spacial score (nSPS) is 45.9. The SMILES string of the molecule is FC1CCC(C2NC3SCCN3C2C2CCNCC2)CC1. The molecule has 4 fully saturated rings. The van der Waals surface area contributed by atoms with Gasteiger partial charge in [-0.1, -0.05) is 0 Å². The number of halogens is 1. The Morgan fingerprint density at radius 3 is 2.48 bits per heavy atom. The Balaban J connectivity index is 1.50. The van der Waals surface area contributed by atoms with Crippen molar-refractivity contribution in [2.75, 3.05) is 25.4 Å². The number of piperidine rings is 1. The molecule has 0 bridgehead atoms. The van der Waals surface area contributed by atoms with Gasteiger partial charge in [-0.2, -0.15) is 0 Å². The van der Waals surface area contributed by atoms with Crippen LogP contribution in [-0.2, 0) is 0 Å². The van der Waals surface area contributed by atoms with Crippen molar-refractivity contribution < 1.29 is 4.39 Å². The van der Waals surface area contributed by atoms with E-state index in [2.05, 4.69) is 27.3 Å². The lowest BCUT2D eigenvalue weighted by Gasteiger charge is -2.39. The topological polar surface area (TPSA) is 27.3 Å². The maximum absolute atomic E-state index is 13.5. The van der Waals surface area contributed by atoms with Gasteiger partial charge in [0.25, 0.3) is 0 Å². The second-order valence-electron chi connectivity index (χ2n) is 7.24. The Hall–Kier alpha value is 0.160. The highest BCUT2D eigenvalue weighted by atomic mass is 32.2. The molecule has 0 aromatic carbocycles. The van der Waals surface area contributed by atoms with Gasteiger partial charge in [-0.15, -0.1) is 11.8 Å². The van der Waals surface area contributed by atoms with Gasteiger partial charge in [0, 0.05) is 24.4 Å². The molecular weight excluding hydrogens is 285 g/mol. The van der Waals surface area contributed by atoms with E-state index in [0.717, 1.165) is 31.6 Å². The summed E-state index contributed by atoms with van der Waals surface area (Å²) in [6.07, 6.45) is 5.86. The number of rotatable bonds is 2. The van der Waals surface area contributed by atoms with Crippen LogP contribution < -0.4 is 10.6 Å². The van der Waals surface area contributed by atoms with E-state index in [1.54, 1.807) is 0 Å². The predicted octanol–water partition coefficient (Wildman–Crippen LogP) is 2.19. The van der Waals surface area contributed by atoms with Gasteiger partial charge in [0.15, 0.2) is 0 Å². The van der Waals surface area contributed by atoms with Crippen LogP contribution in [0.25, 0.3) is 0 Å². The molecule has 3 unspecified atom stereocenters. The van der Waals surface area contributed by atoms with E-state index in [1.807, 2.05) is 0 Å². The van der Waals surface area contributed by atoms with Crippen LogP contribution in [0.15, 0.2) is 0 Å². The van der Waals surface area contributed by atoms with Crippen LogP contribution in [0.3, 0.4) is 0 Å². The van der Waals surface area contributed by atoms with Crippen molar-refractivity contribution >= 4 is 11.8 Å². The molecule has 0 radical (unpaired) electrons. The average Bonchev–Trinajstić information content (AvgIpc) is 3.09. The number of fused-ring (bicyclic) bond motifs is 1. The van der Waals surface area contributed by atoms with Crippen LogP contribution in [0.2, 0.25) is 0 Å². The second kappa shape index (κ2) is 6.34. The lowest BCUT2D eigenvalue weighted by atomic mass is 9.76. The molecule has 3 saturated heterocycles. The molecule has 1 aliphatic carbocycles. The van der Waals surface area contributed by atoms with Gasteiger partial charge >= 0.3 is 0 Å². The molecule has 4 aliphatic rings. The first-order valence-corrected chi connectivity index (χ1v) is 9.86. The number of alkyl halides is 1. The maximum atomic E-state index is 13.5. The molecule has 0 spiro atoms. The molecular formula is C16H28FN3S. The highest BCUT2D eigenvalue weighted by molar-refractivity contribution is 8.00. The third-order valence-corrected chi connectivity index (χ3v) is 7.23. The lowest BCUT2D eigenvalue weighted by Crippen LogP contribution is -2.49. The van der Waals surface area contributed by atoms with E-state index in [9.17, 15) is 4.39 Å². The van der Waals surface area contributed by atoms with E-state index < -0.39 is 6.17 Å². The molecule has 120 valence electrons. The summed E-state index contributed by atoms with van der Waals surface area (Å²) in [7, 11) is 0. The molecule has 3 heterocycles. The van der Waals surface area contributed by atoms with E-state index >= 15 is 0 Å². The molecule has 0 aromatic heterocycles. The van der Waals surface area contributed by atoms with Crippen molar-refractivity contribution in [1.29, 1.82) is 0 Å². The second-order valence-corrected chi connectivity index (χ2v) is 8.43. The first kappa shape index (κ1) is 14.7. The van der Waals surface area contributed by atoms with Gasteiger partial charge in [0.1, 0.15) is 11.7 Å². The van der Waals surface area contributed by atoms with Crippen molar-refractivity contribution in [1.82, 2.24) is 15.5 Å². The fraction of sp³-hybridized carbons (Fsp3) is 1.00. The Labute approximate surface area is 131 Å². The number of nitrogens with zero attached hydrogens (tertiary/aromatic N) is 1. The minimum Gasteiger partial charge on any atom is -0.317 e. The summed E-state index contributed by atoms with van der Waals surface area (Å²) in [4.78, 5) is 2.74. The Morgan fingerprint density at radius 1 is 0.952 bits per heavy atom. The molecule has 3 nitrogen and oxygen atoms in total. The molecule has 2 N–H and O–H groups in total. The highest BCUT2D eigenvalue weighted by Gasteiger charge is 2.49. The summed E-state index contributed by atoms with van der Waals surface area (Å²) < 4.78 is 13.5. The zero-order chi connectivity index (χ0) is 14.2. The van der Waals surface area contributed by atoms with Gasteiger partial charge in [-0.05, 0) is 63.5 Å². The summed E-state index contributed by atoms with van der Waals surface area (Å²) in [5.41, 5.74) is 0.540.